The maximum Gasteiger partial charge on any atom is 0.0249 e. The zero-order valence-electron chi connectivity index (χ0n) is 12.4. The van der Waals surface area contributed by atoms with Gasteiger partial charge in [0.1, 0.15) is 0 Å². The number of nitrogens with zero attached hydrogens (tertiary/aromatic N) is 1. The van der Waals surface area contributed by atoms with Crippen molar-refractivity contribution in [2.75, 3.05) is 13.1 Å². The van der Waals surface area contributed by atoms with Crippen molar-refractivity contribution in [1.29, 1.82) is 0 Å². The standard InChI is InChI=1S/C15H32N2/c1-6-17(10-11(2)3)15-9-13(12(4)5)7-8-14(15)16/h11-15H,6-10,16H2,1-5H3. The van der Waals surface area contributed by atoms with E-state index >= 15 is 0 Å². The Kier molecular flexibility index (Phi) is 5.94. The topological polar surface area (TPSA) is 29.3 Å². The van der Waals surface area contributed by atoms with Gasteiger partial charge in [0.05, 0.1) is 0 Å². The molecule has 3 unspecified atom stereocenters. The Hall–Kier alpha value is -0.0800. The molecular weight excluding hydrogens is 208 g/mol. The molecule has 3 atom stereocenters. The van der Waals surface area contributed by atoms with E-state index in [0.29, 0.717) is 12.1 Å². The third-order valence-electron chi connectivity index (χ3n) is 4.33. The van der Waals surface area contributed by atoms with Crippen molar-refractivity contribution < 1.29 is 0 Å². The summed E-state index contributed by atoms with van der Waals surface area (Å²) in [4.78, 5) is 2.61. The molecule has 2 heteroatoms. The van der Waals surface area contributed by atoms with Crippen LogP contribution in [0.3, 0.4) is 0 Å². The van der Waals surface area contributed by atoms with Crippen LogP contribution in [0, 0.1) is 17.8 Å². The van der Waals surface area contributed by atoms with Crippen LogP contribution in [-0.4, -0.2) is 30.1 Å². The third-order valence-corrected chi connectivity index (χ3v) is 4.33. The highest BCUT2D eigenvalue weighted by atomic mass is 15.2. The zero-order chi connectivity index (χ0) is 13.0. The van der Waals surface area contributed by atoms with Gasteiger partial charge in [0, 0.05) is 18.6 Å². The summed E-state index contributed by atoms with van der Waals surface area (Å²) < 4.78 is 0. The molecule has 0 aliphatic heterocycles. The van der Waals surface area contributed by atoms with E-state index in [-0.39, 0.29) is 0 Å². The van der Waals surface area contributed by atoms with Gasteiger partial charge in [-0.3, -0.25) is 4.90 Å². The maximum atomic E-state index is 6.35. The average molecular weight is 240 g/mol. The van der Waals surface area contributed by atoms with Crippen molar-refractivity contribution in [3.63, 3.8) is 0 Å². The van der Waals surface area contributed by atoms with Gasteiger partial charge in [-0.2, -0.15) is 0 Å². The molecule has 2 N–H and O–H groups in total. The van der Waals surface area contributed by atoms with Crippen molar-refractivity contribution >= 4 is 0 Å². The molecule has 2 nitrogen and oxygen atoms in total. The molecule has 0 aromatic rings. The van der Waals surface area contributed by atoms with Crippen molar-refractivity contribution in [3.05, 3.63) is 0 Å². The summed E-state index contributed by atoms with van der Waals surface area (Å²) in [5.41, 5.74) is 6.35. The van der Waals surface area contributed by atoms with Crippen LogP contribution in [0.4, 0.5) is 0 Å². The summed E-state index contributed by atoms with van der Waals surface area (Å²) in [5, 5.41) is 0. The largest absolute Gasteiger partial charge is 0.326 e. The minimum Gasteiger partial charge on any atom is -0.326 e. The summed E-state index contributed by atoms with van der Waals surface area (Å²) in [5.74, 6) is 2.42. The summed E-state index contributed by atoms with van der Waals surface area (Å²) >= 11 is 0. The first-order valence-corrected chi connectivity index (χ1v) is 7.45. The van der Waals surface area contributed by atoms with Gasteiger partial charge in [-0.1, -0.05) is 34.6 Å². The van der Waals surface area contributed by atoms with Crippen molar-refractivity contribution in [3.8, 4) is 0 Å². The number of likely N-dealkylation sites (N-methyl/N-ethyl adjacent to an activating group) is 1. The number of nitrogens with two attached hydrogens (primary N) is 1. The fraction of sp³-hybridized carbons (Fsp3) is 1.00. The van der Waals surface area contributed by atoms with Gasteiger partial charge < -0.3 is 5.73 Å². The molecule has 0 bridgehead atoms. The SMILES string of the molecule is CCN(CC(C)C)C1CC(C(C)C)CCC1N. The van der Waals surface area contributed by atoms with Crippen LogP contribution in [-0.2, 0) is 0 Å². The van der Waals surface area contributed by atoms with Crippen LogP contribution in [0.1, 0.15) is 53.9 Å². The highest BCUT2D eigenvalue weighted by Gasteiger charge is 2.32. The van der Waals surface area contributed by atoms with Crippen LogP contribution in [0.2, 0.25) is 0 Å². The lowest BCUT2D eigenvalue weighted by Crippen LogP contribution is -2.52. The summed E-state index contributed by atoms with van der Waals surface area (Å²) in [6.45, 7) is 13.9. The van der Waals surface area contributed by atoms with Crippen LogP contribution < -0.4 is 5.73 Å². The Labute approximate surface area is 108 Å². The van der Waals surface area contributed by atoms with Crippen LogP contribution >= 0.6 is 0 Å². The van der Waals surface area contributed by atoms with E-state index in [9.17, 15) is 0 Å². The highest BCUT2D eigenvalue weighted by Crippen LogP contribution is 2.32. The smallest absolute Gasteiger partial charge is 0.0249 e. The molecule has 17 heavy (non-hydrogen) atoms. The molecule has 1 fully saturated rings. The second-order valence-corrected chi connectivity index (χ2v) is 6.53. The molecule has 1 rings (SSSR count). The van der Waals surface area contributed by atoms with Gasteiger partial charge >= 0.3 is 0 Å². The molecular formula is C15H32N2. The molecule has 0 amide bonds. The highest BCUT2D eigenvalue weighted by molar-refractivity contribution is 4.90. The average Bonchev–Trinajstić information content (AvgIpc) is 2.26. The van der Waals surface area contributed by atoms with E-state index in [0.717, 1.165) is 24.3 Å². The van der Waals surface area contributed by atoms with Crippen LogP contribution in [0.25, 0.3) is 0 Å². The molecule has 0 aromatic heterocycles. The number of rotatable bonds is 5. The fourth-order valence-corrected chi connectivity index (χ4v) is 3.20. The van der Waals surface area contributed by atoms with Crippen molar-refractivity contribution in [1.82, 2.24) is 4.90 Å². The lowest BCUT2D eigenvalue weighted by Gasteiger charge is -2.42. The zero-order valence-corrected chi connectivity index (χ0v) is 12.4. The predicted octanol–water partition coefficient (Wildman–Crippen LogP) is 3.12. The monoisotopic (exact) mass is 240 g/mol. The maximum absolute atomic E-state index is 6.35. The lowest BCUT2D eigenvalue weighted by molar-refractivity contribution is 0.0912. The first-order chi connectivity index (χ1) is 7.95. The molecule has 0 aromatic carbocycles. The molecule has 0 saturated heterocycles. The van der Waals surface area contributed by atoms with E-state index in [1.165, 1.54) is 25.8 Å². The second kappa shape index (κ2) is 6.75. The lowest BCUT2D eigenvalue weighted by atomic mass is 9.76. The Balaban J connectivity index is 2.63. The van der Waals surface area contributed by atoms with Gasteiger partial charge in [-0.25, -0.2) is 0 Å². The molecule has 1 saturated carbocycles. The van der Waals surface area contributed by atoms with E-state index in [1.807, 2.05) is 0 Å². The minimum absolute atomic E-state index is 0.392. The Morgan fingerprint density at radius 1 is 1.18 bits per heavy atom. The minimum atomic E-state index is 0.392. The first-order valence-electron chi connectivity index (χ1n) is 7.45. The number of hydrogen-bond acceptors (Lipinski definition) is 2. The quantitative estimate of drug-likeness (QED) is 0.800. The van der Waals surface area contributed by atoms with Crippen molar-refractivity contribution in [2.24, 2.45) is 23.5 Å². The van der Waals surface area contributed by atoms with E-state index in [4.69, 9.17) is 5.73 Å². The van der Waals surface area contributed by atoms with Gasteiger partial charge in [-0.15, -0.1) is 0 Å². The van der Waals surface area contributed by atoms with Gasteiger partial charge in [0.25, 0.3) is 0 Å². The van der Waals surface area contributed by atoms with Crippen LogP contribution in [0.5, 0.6) is 0 Å². The number of hydrogen-bond donors (Lipinski definition) is 1. The Morgan fingerprint density at radius 2 is 1.82 bits per heavy atom. The van der Waals surface area contributed by atoms with Crippen LogP contribution in [0.15, 0.2) is 0 Å². The summed E-state index contributed by atoms with van der Waals surface area (Å²) in [7, 11) is 0. The van der Waals surface area contributed by atoms with E-state index < -0.39 is 0 Å². The molecule has 1 aliphatic rings. The first kappa shape index (κ1) is 15.0. The fourth-order valence-electron chi connectivity index (χ4n) is 3.20. The van der Waals surface area contributed by atoms with Gasteiger partial charge in [0.15, 0.2) is 0 Å². The third kappa shape index (κ3) is 4.26. The molecule has 0 spiro atoms. The van der Waals surface area contributed by atoms with E-state index in [2.05, 4.69) is 39.5 Å². The molecule has 102 valence electrons. The normalized spacial score (nSPS) is 30.5. The van der Waals surface area contributed by atoms with E-state index in [1.54, 1.807) is 0 Å². The predicted molar refractivity (Wildman–Crippen MR) is 76.0 cm³/mol. The van der Waals surface area contributed by atoms with Gasteiger partial charge in [0.2, 0.25) is 0 Å². The van der Waals surface area contributed by atoms with Gasteiger partial charge in [-0.05, 0) is 43.6 Å². The summed E-state index contributed by atoms with van der Waals surface area (Å²) in [6, 6.07) is 1.01. The Morgan fingerprint density at radius 3 is 2.29 bits per heavy atom. The Bertz CT molecular complexity index is 213. The molecule has 0 heterocycles. The second-order valence-electron chi connectivity index (χ2n) is 6.53. The molecule has 0 radical (unpaired) electrons. The summed E-state index contributed by atoms with van der Waals surface area (Å²) in [6.07, 6.45) is 3.84. The molecule has 1 aliphatic carbocycles. The van der Waals surface area contributed by atoms with Crippen molar-refractivity contribution in [2.45, 2.75) is 66.0 Å².